The Morgan fingerprint density at radius 3 is 2.86 bits per heavy atom. The molecule has 0 bridgehead atoms. The fourth-order valence-corrected chi connectivity index (χ4v) is 3.17. The minimum atomic E-state index is -0.213. The number of halogens is 2. The van der Waals surface area contributed by atoms with Gasteiger partial charge in [0.2, 0.25) is 0 Å². The van der Waals surface area contributed by atoms with Gasteiger partial charge in [0, 0.05) is 10.5 Å². The van der Waals surface area contributed by atoms with Crippen molar-refractivity contribution in [2.24, 2.45) is 0 Å². The van der Waals surface area contributed by atoms with Gasteiger partial charge in [-0.05, 0) is 60.7 Å². The highest BCUT2D eigenvalue weighted by atomic mass is 79.9. The lowest BCUT2D eigenvalue weighted by Gasteiger charge is -2.27. The molecule has 1 N–H and O–H groups in total. The maximum atomic E-state index is 13.8. The third-order valence-electron chi connectivity index (χ3n) is 3.93. The smallest absolute Gasteiger partial charge is 0.146 e. The Morgan fingerprint density at radius 1 is 1.19 bits per heavy atom. The molecule has 0 amide bonds. The zero-order valence-corrected chi connectivity index (χ0v) is 13.4. The number of hydrogen-bond donors (Lipinski definition) is 1. The standard InChI is InChI=1S/C17H17BrFNO/c1-21-15-6-3-11-2-5-14(8-12(11)9-15)20-17-10-13(18)4-7-16(17)19/h3-4,6-7,9-10,14,20H,2,5,8H2,1H3. The number of anilines is 1. The molecule has 0 saturated carbocycles. The van der Waals surface area contributed by atoms with Gasteiger partial charge >= 0.3 is 0 Å². The second kappa shape index (κ2) is 6.06. The highest BCUT2D eigenvalue weighted by Gasteiger charge is 2.20. The molecule has 1 unspecified atom stereocenters. The van der Waals surface area contributed by atoms with Gasteiger partial charge < -0.3 is 10.1 Å². The summed E-state index contributed by atoms with van der Waals surface area (Å²) in [4.78, 5) is 0. The molecule has 0 spiro atoms. The van der Waals surface area contributed by atoms with Crippen molar-refractivity contribution in [1.82, 2.24) is 0 Å². The highest BCUT2D eigenvalue weighted by Crippen LogP contribution is 2.28. The summed E-state index contributed by atoms with van der Waals surface area (Å²) in [5.74, 6) is 0.665. The molecule has 0 radical (unpaired) electrons. The van der Waals surface area contributed by atoms with Gasteiger partial charge in [-0.2, -0.15) is 0 Å². The van der Waals surface area contributed by atoms with Gasteiger partial charge in [0.15, 0.2) is 0 Å². The summed E-state index contributed by atoms with van der Waals surface area (Å²) in [6, 6.07) is 11.4. The minimum absolute atomic E-state index is 0.213. The molecule has 0 fully saturated rings. The third kappa shape index (κ3) is 3.21. The SMILES string of the molecule is COc1ccc2c(c1)CC(Nc1cc(Br)ccc1F)CC2. The summed E-state index contributed by atoms with van der Waals surface area (Å²) in [6.07, 6.45) is 2.90. The number of ether oxygens (including phenoxy) is 1. The van der Waals surface area contributed by atoms with Crippen LogP contribution >= 0.6 is 15.9 Å². The van der Waals surface area contributed by atoms with Crippen LogP contribution in [0.2, 0.25) is 0 Å². The Hall–Kier alpha value is -1.55. The molecular weight excluding hydrogens is 333 g/mol. The first-order valence-electron chi connectivity index (χ1n) is 7.03. The van der Waals surface area contributed by atoms with Crippen LogP contribution < -0.4 is 10.1 Å². The van der Waals surface area contributed by atoms with E-state index >= 15 is 0 Å². The molecule has 0 saturated heterocycles. The number of nitrogens with one attached hydrogen (secondary N) is 1. The van der Waals surface area contributed by atoms with Crippen molar-refractivity contribution in [2.75, 3.05) is 12.4 Å². The van der Waals surface area contributed by atoms with Crippen molar-refractivity contribution in [3.63, 3.8) is 0 Å². The Balaban J connectivity index is 1.78. The molecule has 2 nitrogen and oxygen atoms in total. The van der Waals surface area contributed by atoms with Crippen molar-refractivity contribution in [3.05, 3.63) is 57.8 Å². The summed E-state index contributed by atoms with van der Waals surface area (Å²) in [7, 11) is 1.68. The first kappa shape index (κ1) is 14.4. The highest BCUT2D eigenvalue weighted by molar-refractivity contribution is 9.10. The van der Waals surface area contributed by atoms with E-state index in [2.05, 4.69) is 33.4 Å². The van der Waals surface area contributed by atoms with Crippen LogP contribution in [0.5, 0.6) is 5.75 Å². The van der Waals surface area contributed by atoms with E-state index < -0.39 is 0 Å². The van der Waals surface area contributed by atoms with E-state index in [4.69, 9.17) is 4.74 Å². The van der Waals surface area contributed by atoms with Gasteiger partial charge in [0.05, 0.1) is 12.8 Å². The lowest BCUT2D eigenvalue weighted by atomic mass is 9.88. The molecule has 0 heterocycles. The average Bonchev–Trinajstić information content (AvgIpc) is 2.50. The van der Waals surface area contributed by atoms with Crippen molar-refractivity contribution in [2.45, 2.75) is 25.3 Å². The molecular formula is C17H17BrFNO. The molecule has 3 rings (SSSR count). The first-order chi connectivity index (χ1) is 10.2. The van der Waals surface area contributed by atoms with E-state index in [1.165, 1.54) is 17.2 Å². The molecule has 0 aliphatic heterocycles. The normalized spacial score (nSPS) is 17.2. The lowest BCUT2D eigenvalue weighted by Crippen LogP contribution is -2.27. The van der Waals surface area contributed by atoms with E-state index in [-0.39, 0.29) is 11.9 Å². The van der Waals surface area contributed by atoms with Crippen LogP contribution in [0, 0.1) is 5.82 Å². The minimum Gasteiger partial charge on any atom is -0.497 e. The zero-order chi connectivity index (χ0) is 14.8. The van der Waals surface area contributed by atoms with Gasteiger partial charge in [0.1, 0.15) is 11.6 Å². The monoisotopic (exact) mass is 349 g/mol. The van der Waals surface area contributed by atoms with Gasteiger partial charge in [-0.15, -0.1) is 0 Å². The quantitative estimate of drug-likeness (QED) is 0.876. The number of rotatable bonds is 3. The van der Waals surface area contributed by atoms with E-state index in [9.17, 15) is 4.39 Å². The van der Waals surface area contributed by atoms with Crippen LogP contribution in [0.1, 0.15) is 17.5 Å². The Labute approximate surface area is 132 Å². The van der Waals surface area contributed by atoms with Crippen LogP contribution in [-0.4, -0.2) is 13.2 Å². The van der Waals surface area contributed by atoms with Crippen molar-refractivity contribution < 1.29 is 9.13 Å². The fourth-order valence-electron chi connectivity index (χ4n) is 2.81. The maximum Gasteiger partial charge on any atom is 0.146 e. The number of fused-ring (bicyclic) bond motifs is 1. The molecule has 4 heteroatoms. The second-order valence-corrected chi connectivity index (χ2v) is 6.26. The average molecular weight is 350 g/mol. The molecule has 2 aromatic carbocycles. The van der Waals surface area contributed by atoms with Crippen LogP contribution in [0.15, 0.2) is 40.9 Å². The van der Waals surface area contributed by atoms with E-state index in [1.807, 2.05) is 6.07 Å². The van der Waals surface area contributed by atoms with Crippen molar-refractivity contribution in [1.29, 1.82) is 0 Å². The van der Waals surface area contributed by atoms with Crippen LogP contribution in [0.3, 0.4) is 0 Å². The Kier molecular flexibility index (Phi) is 4.15. The molecule has 1 atom stereocenters. The Morgan fingerprint density at radius 2 is 2.05 bits per heavy atom. The lowest BCUT2D eigenvalue weighted by molar-refractivity contribution is 0.413. The molecule has 110 valence electrons. The van der Waals surface area contributed by atoms with E-state index in [0.29, 0.717) is 5.69 Å². The maximum absolute atomic E-state index is 13.8. The predicted octanol–water partition coefficient (Wildman–Crippen LogP) is 4.57. The van der Waals surface area contributed by atoms with Crippen molar-refractivity contribution in [3.8, 4) is 5.75 Å². The number of hydrogen-bond acceptors (Lipinski definition) is 2. The predicted molar refractivity (Wildman–Crippen MR) is 86.5 cm³/mol. The first-order valence-corrected chi connectivity index (χ1v) is 7.82. The van der Waals surface area contributed by atoms with E-state index in [1.54, 1.807) is 19.2 Å². The summed E-state index contributed by atoms with van der Waals surface area (Å²) in [6.45, 7) is 0. The number of benzene rings is 2. The zero-order valence-electron chi connectivity index (χ0n) is 11.8. The molecule has 0 aromatic heterocycles. The Bertz CT molecular complexity index is 659. The van der Waals surface area contributed by atoms with Crippen LogP contribution in [-0.2, 0) is 12.8 Å². The number of methoxy groups -OCH3 is 1. The molecule has 2 aromatic rings. The molecule has 1 aliphatic rings. The summed E-state index contributed by atoms with van der Waals surface area (Å²) in [5, 5.41) is 3.32. The van der Waals surface area contributed by atoms with Gasteiger partial charge in [0.25, 0.3) is 0 Å². The largest absolute Gasteiger partial charge is 0.497 e. The van der Waals surface area contributed by atoms with Gasteiger partial charge in [-0.3, -0.25) is 0 Å². The van der Waals surface area contributed by atoms with Gasteiger partial charge in [-0.25, -0.2) is 4.39 Å². The molecule has 1 aliphatic carbocycles. The van der Waals surface area contributed by atoms with Crippen LogP contribution in [0.4, 0.5) is 10.1 Å². The van der Waals surface area contributed by atoms with E-state index in [0.717, 1.165) is 29.5 Å². The van der Waals surface area contributed by atoms with Crippen molar-refractivity contribution >= 4 is 21.6 Å². The van der Waals surface area contributed by atoms with Crippen LogP contribution in [0.25, 0.3) is 0 Å². The topological polar surface area (TPSA) is 21.3 Å². The summed E-state index contributed by atoms with van der Waals surface area (Å²) >= 11 is 3.38. The summed E-state index contributed by atoms with van der Waals surface area (Å²) in [5.41, 5.74) is 3.21. The summed E-state index contributed by atoms with van der Waals surface area (Å²) < 4.78 is 20.0. The fraction of sp³-hybridized carbons (Fsp3) is 0.294. The second-order valence-electron chi connectivity index (χ2n) is 5.34. The molecule has 21 heavy (non-hydrogen) atoms. The number of aryl methyl sites for hydroxylation is 1. The van der Waals surface area contributed by atoms with Gasteiger partial charge in [-0.1, -0.05) is 22.0 Å². The third-order valence-corrected chi connectivity index (χ3v) is 4.42.